The van der Waals surface area contributed by atoms with Crippen LogP contribution in [0.25, 0.3) is 0 Å². The second-order valence-corrected chi connectivity index (χ2v) is 6.08. The lowest BCUT2D eigenvalue weighted by atomic mass is 9.90. The number of piperidine rings is 1. The summed E-state index contributed by atoms with van der Waals surface area (Å²) in [6.45, 7) is 3.69. The van der Waals surface area contributed by atoms with Gasteiger partial charge in [-0.3, -0.25) is 4.79 Å². The maximum atomic E-state index is 11.9. The molecule has 1 aromatic rings. The first-order valence-corrected chi connectivity index (χ1v) is 7.30. The van der Waals surface area contributed by atoms with Crippen molar-refractivity contribution in [3.05, 3.63) is 22.4 Å². The summed E-state index contributed by atoms with van der Waals surface area (Å²) in [5.41, 5.74) is -0.101. The van der Waals surface area contributed by atoms with Crippen LogP contribution in [-0.2, 0) is 16.1 Å². The minimum Gasteiger partial charge on any atom is -0.363 e. The number of ether oxygens (including phenoxy) is 1. The minimum atomic E-state index is -0.101. The van der Waals surface area contributed by atoms with Crippen molar-refractivity contribution in [1.29, 1.82) is 0 Å². The molecule has 0 radical (unpaired) electrons. The SMILES string of the molecule is O=C1COC2(CCNCC2)CN1Cc1cccs1. The summed E-state index contributed by atoms with van der Waals surface area (Å²) in [5.74, 6) is 0.118. The molecule has 0 atom stereocenters. The van der Waals surface area contributed by atoms with Gasteiger partial charge in [0.2, 0.25) is 5.91 Å². The summed E-state index contributed by atoms with van der Waals surface area (Å²) < 4.78 is 5.84. The third-order valence-corrected chi connectivity index (χ3v) is 4.64. The van der Waals surface area contributed by atoms with Gasteiger partial charge in [0.15, 0.2) is 0 Å². The fourth-order valence-corrected chi connectivity index (χ4v) is 3.43. The van der Waals surface area contributed by atoms with Crippen molar-refractivity contribution in [1.82, 2.24) is 10.2 Å². The third-order valence-electron chi connectivity index (χ3n) is 3.78. The van der Waals surface area contributed by atoms with Crippen LogP contribution in [-0.4, -0.2) is 42.6 Å². The number of carbonyl (C=O) groups is 1. The van der Waals surface area contributed by atoms with Gasteiger partial charge in [0.25, 0.3) is 0 Å². The number of nitrogens with one attached hydrogen (secondary N) is 1. The predicted octanol–water partition coefficient (Wildman–Crippen LogP) is 1.23. The van der Waals surface area contributed by atoms with Crippen molar-refractivity contribution in [3.63, 3.8) is 0 Å². The van der Waals surface area contributed by atoms with Gasteiger partial charge in [0.1, 0.15) is 6.61 Å². The van der Waals surface area contributed by atoms with Crippen LogP contribution in [0.3, 0.4) is 0 Å². The summed E-state index contributed by atoms with van der Waals surface area (Å²) in [5, 5.41) is 5.40. The van der Waals surface area contributed by atoms with E-state index in [1.165, 1.54) is 4.88 Å². The molecule has 3 rings (SSSR count). The van der Waals surface area contributed by atoms with Crippen molar-refractivity contribution in [2.75, 3.05) is 26.2 Å². The van der Waals surface area contributed by atoms with Crippen LogP contribution in [0.15, 0.2) is 17.5 Å². The molecule has 3 heterocycles. The Bertz CT molecular complexity index is 413. The van der Waals surface area contributed by atoms with E-state index < -0.39 is 0 Å². The Morgan fingerprint density at radius 3 is 3.00 bits per heavy atom. The van der Waals surface area contributed by atoms with E-state index in [1.54, 1.807) is 11.3 Å². The van der Waals surface area contributed by atoms with E-state index in [-0.39, 0.29) is 18.1 Å². The summed E-state index contributed by atoms with van der Waals surface area (Å²) in [4.78, 5) is 15.1. The quantitative estimate of drug-likeness (QED) is 0.875. The van der Waals surface area contributed by atoms with Crippen molar-refractivity contribution in [2.24, 2.45) is 0 Å². The smallest absolute Gasteiger partial charge is 0.249 e. The van der Waals surface area contributed by atoms with Crippen molar-refractivity contribution in [2.45, 2.75) is 25.0 Å². The number of morpholine rings is 1. The molecule has 0 saturated carbocycles. The molecule has 2 aliphatic heterocycles. The van der Waals surface area contributed by atoms with Crippen LogP contribution in [0.2, 0.25) is 0 Å². The molecular formula is C13H18N2O2S. The Labute approximate surface area is 111 Å². The van der Waals surface area contributed by atoms with Crippen LogP contribution in [0.5, 0.6) is 0 Å². The molecule has 2 saturated heterocycles. The Morgan fingerprint density at radius 1 is 1.44 bits per heavy atom. The molecule has 1 amide bonds. The van der Waals surface area contributed by atoms with Gasteiger partial charge in [-0.15, -0.1) is 11.3 Å². The first-order valence-electron chi connectivity index (χ1n) is 6.42. The van der Waals surface area contributed by atoms with Gasteiger partial charge in [0.05, 0.1) is 18.7 Å². The molecule has 1 N–H and O–H groups in total. The van der Waals surface area contributed by atoms with Crippen molar-refractivity contribution in [3.8, 4) is 0 Å². The molecule has 0 bridgehead atoms. The fraction of sp³-hybridized carbons (Fsp3) is 0.615. The molecule has 0 aromatic carbocycles. The van der Waals surface area contributed by atoms with E-state index in [2.05, 4.69) is 16.8 Å². The largest absolute Gasteiger partial charge is 0.363 e. The number of thiophene rings is 1. The normalized spacial score (nSPS) is 23.6. The summed E-state index contributed by atoms with van der Waals surface area (Å²) in [7, 11) is 0. The summed E-state index contributed by atoms with van der Waals surface area (Å²) >= 11 is 1.71. The number of hydrogen-bond acceptors (Lipinski definition) is 4. The van der Waals surface area contributed by atoms with Crippen LogP contribution >= 0.6 is 11.3 Å². The minimum absolute atomic E-state index is 0.101. The highest BCUT2D eigenvalue weighted by Gasteiger charge is 2.40. The summed E-state index contributed by atoms with van der Waals surface area (Å²) in [6.07, 6.45) is 2.00. The zero-order valence-corrected chi connectivity index (χ0v) is 11.2. The number of amides is 1. The van der Waals surface area contributed by atoms with E-state index in [0.717, 1.165) is 39.0 Å². The lowest BCUT2D eigenvalue weighted by Gasteiger charge is -2.44. The van der Waals surface area contributed by atoms with Gasteiger partial charge in [-0.1, -0.05) is 6.07 Å². The van der Waals surface area contributed by atoms with E-state index in [0.29, 0.717) is 0 Å². The van der Waals surface area contributed by atoms with Gasteiger partial charge in [-0.2, -0.15) is 0 Å². The topological polar surface area (TPSA) is 41.6 Å². The Balaban J connectivity index is 1.70. The molecule has 4 nitrogen and oxygen atoms in total. The number of nitrogens with zero attached hydrogens (tertiary/aromatic N) is 1. The second-order valence-electron chi connectivity index (χ2n) is 5.05. The van der Waals surface area contributed by atoms with Crippen LogP contribution in [0.1, 0.15) is 17.7 Å². The lowest BCUT2D eigenvalue weighted by Crippen LogP contribution is -2.57. The van der Waals surface area contributed by atoms with Crippen LogP contribution < -0.4 is 5.32 Å². The Kier molecular flexibility index (Phi) is 3.37. The van der Waals surface area contributed by atoms with E-state index in [1.807, 2.05) is 11.0 Å². The van der Waals surface area contributed by atoms with Gasteiger partial charge in [0, 0.05) is 4.88 Å². The van der Waals surface area contributed by atoms with E-state index in [9.17, 15) is 4.79 Å². The molecule has 98 valence electrons. The number of carbonyl (C=O) groups excluding carboxylic acids is 1. The first-order chi connectivity index (χ1) is 8.77. The first kappa shape index (κ1) is 12.1. The Hall–Kier alpha value is -0.910. The monoisotopic (exact) mass is 266 g/mol. The van der Waals surface area contributed by atoms with Gasteiger partial charge < -0.3 is 15.0 Å². The maximum absolute atomic E-state index is 11.9. The fourth-order valence-electron chi connectivity index (χ4n) is 2.71. The highest BCUT2D eigenvalue weighted by molar-refractivity contribution is 7.09. The molecule has 1 spiro atoms. The zero-order chi connectivity index (χ0) is 12.4. The van der Waals surface area contributed by atoms with Gasteiger partial charge >= 0.3 is 0 Å². The molecule has 18 heavy (non-hydrogen) atoms. The molecule has 0 unspecified atom stereocenters. The molecular weight excluding hydrogens is 248 g/mol. The lowest BCUT2D eigenvalue weighted by molar-refractivity contribution is -0.168. The average Bonchev–Trinajstić information content (AvgIpc) is 2.88. The standard InChI is InChI=1S/C13H18N2O2S/c16-12-9-17-13(3-5-14-6-4-13)10-15(12)8-11-2-1-7-18-11/h1-2,7,14H,3-6,8-10H2. The highest BCUT2D eigenvalue weighted by Crippen LogP contribution is 2.29. The van der Waals surface area contributed by atoms with Crippen LogP contribution in [0.4, 0.5) is 0 Å². The predicted molar refractivity (Wildman–Crippen MR) is 70.5 cm³/mol. The number of rotatable bonds is 2. The average molecular weight is 266 g/mol. The Morgan fingerprint density at radius 2 is 2.28 bits per heavy atom. The molecule has 1 aromatic heterocycles. The summed E-state index contributed by atoms with van der Waals surface area (Å²) in [6, 6.07) is 4.12. The number of hydrogen-bond donors (Lipinski definition) is 1. The maximum Gasteiger partial charge on any atom is 0.249 e. The second kappa shape index (κ2) is 4.99. The highest BCUT2D eigenvalue weighted by atomic mass is 32.1. The van der Waals surface area contributed by atoms with Gasteiger partial charge in [-0.05, 0) is 37.4 Å². The molecule has 0 aliphatic carbocycles. The van der Waals surface area contributed by atoms with Crippen LogP contribution in [0, 0.1) is 0 Å². The van der Waals surface area contributed by atoms with E-state index in [4.69, 9.17) is 4.74 Å². The molecule has 5 heteroatoms. The van der Waals surface area contributed by atoms with Gasteiger partial charge in [-0.25, -0.2) is 0 Å². The van der Waals surface area contributed by atoms with Crippen molar-refractivity contribution >= 4 is 17.2 Å². The molecule has 2 aliphatic rings. The van der Waals surface area contributed by atoms with E-state index >= 15 is 0 Å². The zero-order valence-electron chi connectivity index (χ0n) is 10.4. The van der Waals surface area contributed by atoms with Crippen molar-refractivity contribution < 1.29 is 9.53 Å². The molecule has 2 fully saturated rings. The third kappa shape index (κ3) is 2.43.